The molecule has 3 aliphatic rings. The first kappa shape index (κ1) is 14.3. The van der Waals surface area contributed by atoms with Gasteiger partial charge in [0.25, 0.3) is 5.91 Å². The first-order valence-electron chi connectivity index (χ1n) is 7.85. The Hall–Kier alpha value is -1.33. The molecule has 1 aromatic heterocycles. The van der Waals surface area contributed by atoms with Crippen LogP contribution < -0.4 is 5.32 Å². The van der Waals surface area contributed by atoms with Gasteiger partial charge in [-0.3, -0.25) is 9.69 Å². The highest BCUT2D eigenvalue weighted by Crippen LogP contribution is 2.32. The van der Waals surface area contributed by atoms with Crippen molar-refractivity contribution in [1.82, 2.24) is 10.2 Å². The van der Waals surface area contributed by atoms with Crippen LogP contribution in [0.1, 0.15) is 30.1 Å². The Morgan fingerprint density at radius 3 is 2.86 bits per heavy atom. The SMILES string of the molecule is CC1C(NC(=O)c2ccc3c(Br)coc3c2)C2CCN1CC2. The average Bonchev–Trinajstić information content (AvgIpc) is 2.92. The summed E-state index contributed by atoms with van der Waals surface area (Å²) in [5, 5.41) is 4.25. The summed E-state index contributed by atoms with van der Waals surface area (Å²) in [4.78, 5) is 15.1. The zero-order chi connectivity index (χ0) is 15.3. The van der Waals surface area contributed by atoms with Gasteiger partial charge in [-0.1, -0.05) is 0 Å². The molecule has 0 radical (unpaired) electrons. The standard InChI is InChI=1S/C17H19BrN2O2/c1-10-16(11-4-6-20(10)7-5-11)19-17(21)12-2-3-13-14(18)9-22-15(13)8-12/h2-3,8-11,16H,4-7H2,1H3,(H,19,21). The lowest BCUT2D eigenvalue weighted by Crippen LogP contribution is -2.62. The molecule has 5 heteroatoms. The predicted octanol–water partition coefficient (Wildman–Crippen LogP) is 3.41. The minimum Gasteiger partial charge on any atom is -0.463 e. The summed E-state index contributed by atoms with van der Waals surface area (Å²) in [5.41, 5.74) is 1.40. The summed E-state index contributed by atoms with van der Waals surface area (Å²) in [6, 6.07) is 6.30. The van der Waals surface area contributed by atoms with E-state index >= 15 is 0 Å². The highest BCUT2D eigenvalue weighted by molar-refractivity contribution is 9.10. The fourth-order valence-electron chi connectivity index (χ4n) is 3.92. The van der Waals surface area contributed by atoms with Crippen LogP contribution in [0, 0.1) is 5.92 Å². The van der Waals surface area contributed by atoms with Gasteiger partial charge in [0.1, 0.15) is 11.8 Å². The first-order chi connectivity index (χ1) is 10.6. The fourth-order valence-corrected chi connectivity index (χ4v) is 4.34. The van der Waals surface area contributed by atoms with E-state index in [1.54, 1.807) is 6.26 Å². The number of nitrogens with one attached hydrogen (secondary N) is 1. The molecule has 0 saturated carbocycles. The predicted molar refractivity (Wildman–Crippen MR) is 88.9 cm³/mol. The van der Waals surface area contributed by atoms with Crippen molar-refractivity contribution in [2.75, 3.05) is 13.1 Å². The molecule has 4 heterocycles. The molecule has 3 saturated heterocycles. The van der Waals surface area contributed by atoms with Gasteiger partial charge in [-0.2, -0.15) is 0 Å². The van der Waals surface area contributed by atoms with Gasteiger partial charge in [0.05, 0.1) is 4.47 Å². The molecule has 4 nitrogen and oxygen atoms in total. The quantitative estimate of drug-likeness (QED) is 0.890. The second-order valence-corrected chi connectivity index (χ2v) is 7.26. The van der Waals surface area contributed by atoms with E-state index in [9.17, 15) is 4.79 Å². The Labute approximate surface area is 138 Å². The lowest BCUT2D eigenvalue weighted by molar-refractivity contribution is 0.0217. The van der Waals surface area contributed by atoms with Gasteiger partial charge >= 0.3 is 0 Å². The molecule has 0 spiro atoms. The molecule has 3 aliphatic heterocycles. The number of hydrogen-bond donors (Lipinski definition) is 1. The Kier molecular flexibility index (Phi) is 3.50. The van der Waals surface area contributed by atoms with Crippen LogP contribution in [-0.4, -0.2) is 36.0 Å². The smallest absolute Gasteiger partial charge is 0.251 e. The van der Waals surface area contributed by atoms with Crippen LogP contribution in [0.25, 0.3) is 11.0 Å². The van der Waals surface area contributed by atoms with E-state index in [0.717, 1.165) is 15.4 Å². The number of carbonyl (C=O) groups is 1. The number of rotatable bonds is 2. The third kappa shape index (κ3) is 2.27. The van der Waals surface area contributed by atoms with Crippen LogP contribution in [0.15, 0.2) is 33.4 Å². The monoisotopic (exact) mass is 362 g/mol. The van der Waals surface area contributed by atoms with Crippen molar-refractivity contribution in [3.63, 3.8) is 0 Å². The molecular formula is C17H19BrN2O2. The van der Waals surface area contributed by atoms with Crippen molar-refractivity contribution in [1.29, 1.82) is 0 Å². The van der Waals surface area contributed by atoms with Gasteiger partial charge in [0.2, 0.25) is 0 Å². The second kappa shape index (κ2) is 5.39. The van der Waals surface area contributed by atoms with Crippen LogP contribution in [0.3, 0.4) is 0 Å². The number of hydrogen-bond acceptors (Lipinski definition) is 3. The number of benzene rings is 1. The Morgan fingerprint density at radius 2 is 2.14 bits per heavy atom. The maximum absolute atomic E-state index is 12.6. The van der Waals surface area contributed by atoms with Crippen molar-refractivity contribution < 1.29 is 9.21 Å². The molecule has 1 amide bonds. The lowest BCUT2D eigenvalue weighted by Gasteiger charge is -2.49. The van der Waals surface area contributed by atoms with Gasteiger partial charge in [-0.25, -0.2) is 0 Å². The van der Waals surface area contributed by atoms with Gasteiger partial charge in [-0.05, 0) is 72.9 Å². The number of nitrogens with zero attached hydrogens (tertiary/aromatic N) is 1. The molecule has 2 unspecified atom stereocenters. The topological polar surface area (TPSA) is 45.5 Å². The zero-order valence-electron chi connectivity index (χ0n) is 12.5. The third-order valence-electron chi connectivity index (χ3n) is 5.27. The molecule has 5 rings (SSSR count). The Morgan fingerprint density at radius 1 is 1.36 bits per heavy atom. The lowest BCUT2D eigenvalue weighted by atomic mass is 9.79. The van der Waals surface area contributed by atoms with E-state index in [-0.39, 0.29) is 11.9 Å². The number of carbonyl (C=O) groups excluding carboxylic acids is 1. The molecule has 116 valence electrons. The summed E-state index contributed by atoms with van der Waals surface area (Å²) in [6.07, 6.45) is 4.04. The Bertz CT molecular complexity index is 717. The first-order valence-corrected chi connectivity index (χ1v) is 8.64. The van der Waals surface area contributed by atoms with Crippen molar-refractivity contribution in [3.8, 4) is 0 Å². The van der Waals surface area contributed by atoms with Crippen LogP contribution in [0.2, 0.25) is 0 Å². The molecule has 1 aromatic carbocycles. The van der Waals surface area contributed by atoms with Crippen molar-refractivity contribution >= 4 is 32.8 Å². The average molecular weight is 363 g/mol. The van der Waals surface area contributed by atoms with E-state index in [2.05, 4.69) is 33.1 Å². The van der Waals surface area contributed by atoms with Gasteiger partial charge < -0.3 is 9.73 Å². The highest BCUT2D eigenvalue weighted by Gasteiger charge is 2.40. The van der Waals surface area contributed by atoms with Gasteiger partial charge in [0.15, 0.2) is 0 Å². The molecule has 2 atom stereocenters. The molecule has 0 aliphatic carbocycles. The third-order valence-corrected chi connectivity index (χ3v) is 5.88. The maximum atomic E-state index is 12.6. The normalized spacial score (nSPS) is 30.6. The van der Waals surface area contributed by atoms with Crippen LogP contribution >= 0.6 is 15.9 Å². The second-order valence-electron chi connectivity index (χ2n) is 6.41. The summed E-state index contributed by atoms with van der Waals surface area (Å²) < 4.78 is 6.38. The minimum absolute atomic E-state index is 0.0000208. The number of amides is 1. The summed E-state index contributed by atoms with van der Waals surface area (Å²) >= 11 is 3.44. The minimum atomic E-state index is 0.0000208. The number of piperidine rings is 3. The molecule has 1 N–H and O–H groups in total. The fraction of sp³-hybridized carbons (Fsp3) is 0.471. The van der Waals surface area contributed by atoms with Crippen molar-refractivity contribution in [2.45, 2.75) is 31.8 Å². The van der Waals surface area contributed by atoms with Crippen LogP contribution in [0.5, 0.6) is 0 Å². The molecule has 3 fully saturated rings. The number of fused-ring (bicyclic) bond motifs is 4. The highest BCUT2D eigenvalue weighted by atomic mass is 79.9. The number of furan rings is 1. The summed E-state index contributed by atoms with van der Waals surface area (Å²) in [6.45, 7) is 4.57. The van der Waals surface area contributed by atoms with E-state index < -0.39 is 0 Å². The van der Waals surface area contributed by atoms with E-state index in [1.165, 1.54) is 25.9 Å². The molecule has 22 heavy (non-hydrogen) atoms. The van der Waals surface area contributed by atoms with Crippen molar-refractivity contribution in [3.05, 3.63) is 34.5 Å². The summed E-state index contributed by atoms with van der Waals surface area (Å²) in [5.74, 6) is 0.616. The molecular weight excluding hydrogens is 344 g/mol. The maximum Gasteiger partial charge on any atom is 0.251 e. The molecule has 2 aromatic rings. The van der Waals surface area contributed by atoms with E-state index in [0.29, 0.717) is 17.5 Å². The van der Waals surface area contributed by atoms with E-state index in [4.69, 9.17) is 4.42 Å². The number of halogens is 1. The van der Waals surface area contributed by atoms with Crippen molar-refractivity contribution in [2.24, 2.45) is 5.92 Å². The summed E-state index contributed by atoms with van der Waals surface area (Å²) in [7, 11) is 0. The van der Waals surface area contributed by atoms with E-state index in [1.807, 2.05) is 18.2 Å². The largest absolute Gasteiger partial charge is 0.463 e. The molecule has 2 bridgehead atoms. The van der Waals surface area contributed by atoms with Crippen LogP contribution in [-0.2, 0) is 0 Å². The zero-order valence-corrected chi connectivity index (χ0v) is 14.1. The van der Waals surface area contributed by atoms with Gasteiger partial charge in [-0.15, -0.1) is 0 Å². The van der Waals surface area contributed by atoms with Crippen LogP contribution in [0.4, 0.5) is 0 Å². The Balaban J connectivity index is 1.55. The van der Waals surface area contributed by atoms with Gasteiger partial charge in [0, 0.05) is 23.0 Å².